The summed E-state index contributed by atoms with van der Waals surface area (Å²) in [5.74, 6) is 0. The number of halogens is 3. The lowest BCUT2D eigenvalue weighted by Crippen LogP contribution is -2.17. The van der Waals surface area contributed by atoms with Gasteiger partial charge in [0.05, 0.1) is 12.2 Å². The second-order valence-electron chi connectivity index (χ2n) is 3.27. The third kappa shape index (κ3) is 4.69. The van der Waals surface area contributed by atoms with Gasteiger partial charge in [-0.15, -0.1) is 0 Å². The predicted molar refractivity (Wildman–Crippen MR) is 60.3 cm³/mol. The summed E-state index contributed by atoms with van der Waals surface area (Å²) in [5.41, 5.74) is 0. The van der Waals surface area contributed by atoms with Crippen LogP contribution in [0.1, 0.15) is 27.7 Å². The average molecular weight is 284 g/mol. The van der Waals surface area contributed by atoms with Crippen molar-refractivity contribution in [3.63, 3.8) is 0 Å². The van der Waals surface area contributed by atoms with Crippen LogP contribution in [0.2, 0.25) is 0 Å². The lowest BCUT2D eigenvalue weighted by Gasteiger charge is -2.27. The van der Waals surface area contributed by atoms with Crippen LogP contribution in [0.15, 0.2) is 0 Å². The Bertz CT molecular complexity index is 211. The molecule has 0 atom stereocenters. The summed E-state index contributed by atoms with van der Waals surface area (Å²) in [5, 5.41) is 0. The molecule has 0 amide bonds. The van der Waals surface area contributed by atoms with Crippen LogP contribution in [-0.2, 0) is 13.6 Å². The Morgan fingerprint density at radius 3 is 1.43 bits per heavy atom. The van der Waals surface area contributed by atoms with Crippen LogP contribution >= 0.6 is 42.4 Å². The van der Waals surface area contributed by atoms with E-state index in [4.69, 9.17) is 43.9 Å². The Kier molecular flexibility index (Phi) is 5.77. The van der Waals surface area contributed by atoms with Crippen molar-refractivity contribution in [1.82, 2.24) is 0 Å². The Balaban J connectivity index is 4.78. The first kappa shape index (κ1) is 15.0. The first-order valence-electron chi connectivity index (χ1n) is 4.12. The molecule has 0 rings (SSSR count). The highest BCUT2D eigenvalue weighted by molar-refractivity contribution is 7.62. The van der Waals surface area contributed by atoms with Crippen LogP contribution in [-0.4, -0.2) is 15.7 Å². The van der Waals surface area contributed by atoms with Crippen molar-refractivity contribution in [2.45, 2.75) is 43.4 Å². The zero-order valence-corrected chi connectivity index (χ0v) is 11.6. The van der Waals surface area contributed by atoms with Gasteiger partial charge < -0.3 is 9.05 Å². The smallest absolute Gasteiger partial charge is 0.303 e. The second kappa shape index (κ2) is 5.38. The van der Waals surface area contributed by atoms with Gasteiger partial charge in [0.1, 0.15) is 0 Å². The molecule has 0 saturated heterocycles. The Hall–Kier alpha value is 1.02. The summed E-state index contributed by atoms with van der Waals surface area (Å²) in [6, 6.07) is 0. The molecule has 0 heterocycles. The second-order valence-corrected chi connectivity index (χ2v) is 8.43. The van der Waals surface area contributed by atoms with E-state index in [9.17, 15) is 4.57 Å². The van der Waals surface area contributed by atoms with E-state index >= 15 is 0 Å². The van der Waals surface area contributed by atoms with Crippen molar-refractivity contribution < 1.29 is 13.6 Å². The first-order chi connectivity index (χ1) is 6.08. The topological polar surface area (TPSA) is 35.5 Å². The van der Waals surface area contributed by atoms with Crippen LogP contribution < -0.4 is 0 Å². The van der Waals surface area contributed by atoms with Crippen LogP contribution in [0.3, 0.4) is 0 Å². The molecule has 0 aliphatic heterocycles. The molecular weight excluding hydrogens is 269 g/mol. The third-order valence-corrected chi connectivity index (χ3v) is 4.89. The largest absolute Gasteiger partial charge is 0.382 e. The van der Waals surface area contributed by atoms with Gasteiger partial charge in [0.15, 0.2) is 0 Å². The minimum atomic E-state index is -3.72. The van der Waals surface area contributed by atoms with Gasteiger partial charge in [0.2, 0.25) is 0 Å². The molecule has 0 radical (unpaired) electrons. The van der Waals surface area contributed by atoms with E-state index in [2.05, 4.69) is 0 Å². The molecule has 0 N–H and O–H groups in total. The van der Waals surface area contributed by atoms with Gasteiger partial charge in [0, 0.05) is 0 Å². The van der Waals surface area contributed by atoms with Crippen molar-refractivity contribution >= 4 is 42.4 Å². The van der Waals surface area contributed by atoms with Crippen LogP contribution in [0.4, 0.5) is 0 Å². The molecule has 0 aliphatic rings. The lowest BCUT2D eigenvalue weighted by molar-refractivity contribution is 0.142. The van der Waals surface area contributed by atoms with E-state index in [1.54, 1.807) is 27.7 Å². The fourth-order valence-electron chi connectivity index (χ4n) is 0.699. The highest BCUT2D eigenvalue weighted by Crippen LogP contribution is 2.67. The van der Waals surface area contributed by atoms with E-state index in [0.29, 0.717) is 0 Å². The summed E-state index contributed by atoms with van der Waals surface area (Å²) in [6.07, 6.45) is -0.676. The van der Waals surface area contributed by atoms with E-state index in [-0.39, 0.29) is 12.2 Å². The van der Waals surface area contributed by atoms with Crippen molar-refractivity contribution in [1.29, 1.82) is 0 Å². The number of rotatable bonds is 4. The highest BCUT2D eigenvalue weighted by atomic mass is 35.6. The standard InChI is InChI=1S/C7H14Cl3O3P/c1-5(2)12-14(11,7(8,9)10)13-6(3)4/h5-6H,1-4H3. The molecule has 0 bridgehead atoms. The molecular formula is C7H14Cl3O3P. The quantitative estimate of drug-likeness (QED) is 0.568. The Morgan fingerprint density at radius 2 is 1.29 bits per heavy atom. The number of hydrogen-bond donors (Lipinski definition) is 0. The molecule has 7 heteroatoms. The maximum atomic E-state index is 12.0. The SMILES string of the molecule is CC(C)OP(=O)(OC(C)C)C(Cl)(Cl)Cl. The molecule has 0 unspecified atom stereocenters. The van der Waals surface area contributed by atoms with Crippen LogP contribution in [0.5, 0.6) is 0 Å². The highest BCUT2D eigenvalue weighted by Gasteiger charge is 2.48. The number of alkyl halides is 3. The molecule has 0 fully saturated rings. The molecule has 14 heavy (non-hydrogen) atoms. The van der Waals surface area contributed by atoms with Gasteiger partial charge in [-0.25, -0.2) is 0 Å². The molecule has 0 saturated carbocycles. The van der Waals surface area contributed by atoms with Gasteiger partial charge in [-0.2, -0.15) is 0 Å². The summed E-state index contributed by atoms with van der Waals surface area (Å²) < 4.78 is 20.1. The monoisotopic (exact) mass is 282 g/mol. The molecule has 0 aliphatic carbocycles. The van der Waals surface area contributed by atoms with Gasteiger partial charge in [-0.1, -0.05) is 34.8 Å². The molecule has 0 aromatic rings. The molecule has 0 aromatic heterocycles. The predicted octanol–water partition coefficient (Wildman–Crippen LogP) is 4.36. The summed E-state index contributed by atoms with van der Waals surface area (Å²) >= 11 is 16.6. The van der Waals surface area contributed by atoms with Crippen molar-refractivity contribution in [3.05, 3.63) is 0 Å². The van der Waals surface area contributed by atoms with Crippen molar-refractivity contribution in [2.75, 3.05) is 0 Å². The number of hydrogen-bond acceptors (Lipinski definition) is 3. The van der Waals surface area contributed by atoms with E-state index < -0.39 is 11.1 Å². The molecule has 0 aromatic carbocycles. The van der Waals surface area contributed by atoms with Crippen LogP contribution in [0, 0.1) is 0 Å². The van der Waals surface area contributed by atoms with Crippen molar-refractivity contribution in [3.8, 4) is 0 Å². The fourth-order valence-corrected chi connectivity index (χ4v) is 2.82. The van der Waals surface area contributed by atoms with E-state index in [1.807, 2.05) is 0 Å². The van der Waals surface area contributed by atoms with Gasteiger partial charge >= 0.3 is 7.60 Å². The molecule has 86 valence electrons. The zero-order valence-electron chi connectivity index (χ0n) is 8.46. The maximum Gasteiger partial charge on any atom is 0.382 e. The fraction of sp³-hybridized carbons (Fsp3) is 1.00. The average Bonchev–Trinajstić information content (AvgIpc) is 1.78. The maximum absolute atomic E-state index is 12.0. The third-order valence-electron chi connectivity index (χ3n) is 1.01. The zero-order chi connectivity index (χ0) is 11.6. The minimum absolute atomic E-state index is 0.338. The molecule has 3 nitrogen and oxygen atoms in total. The summed E-state index contributed by atoms with van der Waals surface area (Å²) in [7, 11) is -3.72. The molecule has 0 spiro atoms. The van der Waals surface area contributed by atoms with Crippen LogP contribution in [0.25, 0.3) is 0 Å². The lowest BCUT2D eigenvalue weighted by atomic mass is 10.5. The van der Waals surface area contributed by atoms with Gasteiger partial charge in [-0.05, 0) is 27.7 Å². The Labute approximate surface area is 99.5 Å². The minimum Gasteiger partial charge on any atom is -0.303 e. The van der Waals surface area contributed by atoms with E-state index in [1.165, 1.54) is 0 Å². The summed E-state index contributed by atoms with van der Waals surface area (Å²) in [6.45, 7) is 6.75. The Morgan fingerprint density at radius 1 is 1.00 bits per heavy atom. The van der Waals surface area contributed by atoms with Gasteiger partial charge in [0.25, 0.3) is 3.53 Å². The first-order valence-corrected chi connectivity index (χ1v) is 6.80. The summed E-state index contributed by atoms with van der Waals surface area (Å²) in [4.78, 5) is 0. The van der Waals surface area contributed by atoms with Crippen molar-refractivity contribution in [2.24, 2.45) is 0 Å². The van der Waals surface area contributed by atoms with Gasteiger partial charge in [-0.3, -0.25) is 4.57 Å². The van der Waals surface area contributed by atoms with E-state index in [0.717, 1.165) is 0 Å². The normalized spacial score (nSPS) is 14.1.